The number of carbonyl (C=O) groups is 3. The molecule has 1 aliphatic heterocycles. The molecule has 2 heterocycles. The minimum absolute atomic E-state index is 0.0802. The third kappa shape index (κ3) is 1.97. The summed E-state index contributed by atoms with van der Waals surface area (Å²) < 4.78 is 18.2. The zero-order valence-corrected chi connectivity index (χ0v) is 11.9. The van der Waals surface area contributed by atoms with Crippen molar-refractivity contribution in [2.75, 3.05) is 0 Å². The van der Waals surface area contributed by atoms with Crippen molar-refractivity contribution in [1.82, 2.24) is 10.2 Å². The summed E-state index contributed by atoms with van der Waals surface area (Å²) in [5.41, 5.74) is 0.101. The van der Waals surface area contributed by atoms with E-state index >= 15 is 0 Å². The van der Waals surface area contributed by atoms with E-state index in [2.05, 4.69) is 5.16 Å². The summed E-state index contributed by atoms with van der Waals surface area (Å²) in [6, 6.07) is 9.56. The number of fused-ring (bicyclic) bond motifs is 2. The first kappa shape index (κ1) is 14.1. The summed E-state index contributed by atoms with van der Waals surface area (Å²) in [6.45, 7) is 0. The van der Waals surface area contributed by atoms with Crippen LogP contribution in [0.15, 0.2) is 47.0 Å². The number of halogens is 1. The Morgan fingerprint density at radius 2 is 1.75 bits per heavy atom. The zero-order chi connectivity index (χ0) is 16.8. The number of aromatic nitrogens is 1. The van der Waals surface area contributed by atoms with E-state index in [1.807, 2.05) is 0 Å². The lowest BCUT2D eigenvalue weighted by Crippen LogP contribution is -2.32. The molecule has 7 nitrogen and oxygen atoms in total. The molecule has 0 saturated carbocycles. The zero-order valence-electron chi connectivity index (χ0n) is 11.9. The van der Waals surface area contributed by atoms with Crippen LogP contribution in [-0.2, 0) is 4.84 Å². The third-order valence-corrected chi connectivity index (χ3v) is 3.56. The standard InChI is InChI=1S/C16H7FN2O5/c17-8-5-6-12-11(7-8)13(18-23-12)16(22)24-19-14(20)9-3-1-2-4-10(9)15(19)21/h1-7H. The Bertz CT molecular complexity index is 991. The van der Waals surface area contributed by atoms with E-state index in [0.717, 1.165) is 12.1 Å². The average Bonchev–Trinajstić information content (AvgIpc) is 3.10. The van der Waals surface area contributed by atoms with Gasteiger partial charge in [0.05, 0.1) is 16.5 Å². The highest BCUT2D eigenvalue weighted by Crippen LogP contribution is 2.25. The average molecular weight is 326 g/mol. The first-order valence-electron chi connectivity index (χ1n) is 6.81. The predicted octanol–water partition coefficient (Wildman–Crippen LogP) is 2.33. The lowest BCUT2D eigenvalue weighted by atomic mass is 10.1. The van der Waals surface area contributed by atoms with Crippen LogP contribution in [0.1, 0.15) is 31.2 Å². The van der Waals surface area contributed by atoms with Gasteiger partial charge in [-0.2, -0.15) is 0 Å². The first-order valence-corrected chi connectivity index (χ1v) is 6.81. The van der Waals surface area contributed by atoms with Gasteiger partial charge in [-0.15, -0.1) is 0 Å². The Morgan fingerprint density at radius 3 is 2.42 bits per heavy atom. The van der Waals surface area contributed by atoms with Gasteiger partial charge in [-0.05, 0) is 30.3 Å². The maximum absolute atomic E-state index is 13.3. The van der Waals surface area contributed by atoms with Crippen LogP contribution < -0.4 is 0 Å². The van der Waals surface area contributed by atoms with Crippen molar-refractivity contribution in [1.29, 1.82) is 0 Å². The molecule has 0 radical (unpaired) electrons. The van der Waals surface area contributed by atoms with Gasteiger partial charge in [-0.1, -0.05) is 22.4 Å². The molecule has 0 fully saturated rings. The molecule has 0 bridgehead atoms. The molecule has 0 N–H and O–H groups in total. The summed E-state index contributed by atoms with van der Waals surface area (Å²) in [7, 11) is 0. The molecular formula is C16H7FN2O5. The Hall–Kier alpha value is -3.55. The quantitative estimate of drug-likeness (QED) is 0.671. The molecule has 3 aromatic rings. The van der Waals surface area contributed by atoms with Crippen LogP contribution in [0, 0.1) is 5.82 Å². The summed E-state index contributed by atoms with van der Waals surface area (Å²) in [6.07, 6.45) is 0. The first-order chi connectivity index (χ1) is 11.6. The van der Waals surface area contributed by atoms with Gasteiger partial charge in [-0.3, -0.25) is 9.59 Å². The molecule has 0 saturated heterocycles. The van der Waals surface area contributed by atoms with E-state index in [-0.39, 0.29) is 27.8 Å². The maximum atomic E-state index is 13.3. The molecule has 0 spiro atoms. The number of hydroxylamine groups is 2. The monoisotopic (exact) mass is 326 g/mol. The molecular weight excluding hydrogens is 319 g/mol. The van der Waals surface area contributed by atoms with Gasteiger partial charge in [0, 0.05) is 0 Å². The van der Waals surface area contributed by atoms with Crippen molar-refractivity contribution in [3.8, 4) is 0 Å². The number of hydrogen-bond acceptors (Lipinski definition) is 6. The number of rotatable bonds is 2. The lowest BCUT2D eigenvalue weighted by molar-refractivity contribution is -0.0589. The molecule has 2 amide bonds. The molecule has 0 unspecified atom stereocenters. The second-order valence-electron chi connectivity index (χ2n) is 5.00. The Kier molecular flexibility index (Phi) is 2.92. The van der Waals surface area contributed by atoms with Crippen molar-refractivity contribution in [2.24, 2.45) is 0 Å². The smallest absolute Gasteiger partial charge is 0.355 e. The van der Waals surface area contributed by atoms with Gasteiger partial charge in [0.15, 0.2) is 5.58 Å². The maximum Gasteiger partial charge on any atom is 0.386 e. The van der Waals surface area contributed by atoms with Crippen molar-refractivity contribution in [2.45, 2.75) is 0 Å². The van der Waals surface area contributed by atoms with Crippen molar-refractivity contribution < 1.29 is 28.1 Å². The van der Waals surface area contributed by atoms with Crippen LogP contribution >= 0.6 is 0 Å². The summed E-state index contributed by atoms with van der Waals surface area (Å²) in [5, 5.41) is 3.95. The van der Waals surface area contributed by atoms with Crippen molar-refractivity contribution in [3.63, 3.8) is 0 Å². The highest BCUT2D eigenvalue weighted by molar-refractivity contribution is 6.21. The Balaban J connectivity index is 1.66. The van der Waals surface area contributed by atoms with Crippen LogP contribution in [0.5, 0.6) is 0 Å². The van der Waals surface area contributed by atoms with Gasteiger partial charge < -0.3 is 9.36 Å². The second-order valence-corrected chi connectivity index (χ2v) is 5.00. The van der Waals surface area contributed by atoms with E-state index in [1.54, 1.807) is 12.1 Å². The largest absolute Gasteiger partial charge is 0.386 e. The number of benzene rings is 2. The van der Waals surface area contributed by atoms with E-state index in [1.165, 1.54) is 18.2 Å². The summed E-state index contributed by atoms with van der Waals surface area (Å²) >= 11 is 0. The molecule has 24 heavy (non-hydrogen) atoms. The van der Waals surface area contributed by atoms with Crippen LogP contribution in [0.2, 0.25) is 0 Å². The normalized spacial score (nSPS) is 13.5. The number of carbonyl (C=O) groups excluding carboxylic acids is 3. The van der Waals surface area contributed by atoms with Gasteiger partial charge in [0.25, 0.3) is 11.8 Å². The van der Waals surface area contributed by atoms with E-state index < -0.39 is 23.6 Å². The van der Waals surface area contributed by atoms with E-state index in [9.17, 15) is 18.8 Å². The Morgan fingerprint density at radius 1 is 1.08 bits per heavy atom. The second kappa shape index (κ2) is 4.98. The molecule has 1 aliphatic rings. The van der Waals surface area contributed by atoms with E-state index in [0.29, 0.717) is 5.06 Å². The van der Waals surface area contributed by atoms with Crippen molar-refractivity contribution in [3.05, 3.63) is 65.1 Å². The fourth-order valence-corrected chi connectivity index (χ4v) is 2.43. The number of imide groups is 1. The van der Waals surface area contributed by atoms with Crippen LogP contribution in [0.25, 0.3) is 11.0 Å². The minimum atomic E-state index is -1.10. The predicted molar refractivity (Wildman–Crippen MR) is 76.3 cm³/mol. The third-order valence-electron chi connectivity index (χ3n) is 3.56. The SMILES string of the molecule is O=C(ON1C(=O)c2ccccc2C1=O)c1noc2ccc(F)cc12. The fraction of sp³-hybridized carbons (Fsp3) is 0. The summed E-state index contributed by atoms with van der Waals surface area (Å²) in [4.78, 5) is 41.4. The van der Waals surface area contributed by atoms with Gasteiger partial charge in [-0.25, -0.2) is 9.18 Å². The fourth-order valence-electron chi connectivity index (χ4n) is 2.43. The van der Waals surface area contributed by atoms with Gasteiger partial charge >= 0.3 is 5.97 Å². The van der Waals surface area contributed by atoms with Gasteiger partial charge in [0.2, 0.25) is 5.69 Å². The topological polar surface area (TPSA) is 89.7 Å². The van der Waals surface area contributed by atoms with Crippen LogP contribution in [0.4, 0.5) is 4.39 Å². The highest BCUT2D eigenvalue weighted by Gasteiger charge is 2.39. The lowest BCUT2D eigenvalue weighted by Gasteiger charge is -2.11. The molecule has 118 valence electrons. The van der Waals surface area contributed by atoms with Crippen LogP contribution in [-0.4, -0.2) is 28.0 Å². The Labute approximate surface area is 133 Å². The minimum Gasteiger partial charge on any atom is -0.355 e. The highest BCUT2D eigenvalue weighted by atomic mass is 19.1. The molecule has 2 aromatic carbocycles. The number of hydrogen-bond donors (Lipinski definition) is 0. The molecule has 1 aromatic heterocycles. The van der Waals surface area contributed by atoms with E-state index in [4.69, 9.17) is 9.36 Å². The number of nitrogens with zero attached hydrogens (tertiary/aromatic N) is 2. The molecule has 8 heteroatoms. The van der Waals surface area contributed by atoms with Crippen molar-refractivity contribution >= 4 is 28.8 Å². The molecule has 0 aliphatic carbocycles. The number of amides is 2. The van der Waals surface area contributed by atoms with Gasteiger partial charge in [0.1, 0.15) is 5.82 Å². The molecule has 4 rings (SSSR count). The molecule has 0 atom stereocenters. The van der Waals surface area contributed by atoms with Crippen LogP contribution in [0.3, 0.4) is 0 Å². The summed E-state index contributed by atoms with van der Waals surface area (Å²) in [5.74, 6) is -3.22.